The van der Waals surface area contributed by atoms with E-state index in [4.69, 9.17) is 4.52 Å². The van der Waals surface area contributed by atoms with Gasteiger partial charge in [0.1, 0.15) is 5.56 Å². The number of aryl methyl sites for hydroxylation is 2. The molecule has 1 aliphatic rings. The first kappa shape index (κ1) is 19.4. The molecule has 150 valence electrons. The van der Waals surface area contributed by atoms with Crippen molar-refractivity contribution in [1.29, 1.82) is 0 Å². The molecular formula is C25H28N2O2. The van der Waals surface area contributed by atoms with Gasteiger partial charge >= 0.3 is 0 Å². The lowest BCUT2D eigenvalue weighted by Gasteiger charge is -2.26. The number of amides is 1. The van der Waals surface area contributed by atoms with Gasteiger partial charge in [0.2, 0.25) is 0 Å². The Kier molecular flexibility index (Phi) is 5.03. The van der Waals surface area contributed by atoms with E-state index in [1.54, 1.807) is 0 Å². The molecule has 4 heteroatoms. The zero-order chi connectivity index (χ0) is 20.6. The van der Waals surface area contributed by atoms with Crippen LogP contribution in [0.1, 0.15) is 72.4 Å². The van der Waals surface area contributed by atoms with Gasteiger partial charge in [0, 0.05) is 5.56 Å². The van der Waals surface area contributed by atoms with E-state index in [0.717, 1.165) is 24.8 Å². The minimum absolute atomic E-state index is 0.0258. The number of aromatic nitrogens is 1. The van der Waals surface area contributed by atoms with Crippen LogP contribution in [-0.4, -0.2) is 11.1 Å². The SMILES string of the molecule is Cc1noc(-c2ccc(C(C)(C)C)cc2)c1C(=O)N[C@H]1CCCc2ccccc21. The van der Waals surface area contributed by atoms with Crippen LogP contribution in [0.25, 0.3) is 11.3 Å². The summed E-state index contributed by atoms with van der Waals surface area (Å²) < 4.78 is 5.58. The molecule has 4 rings (SSSR count). The number of nitrogens with one attached hydrogen (secondary N) is 1. The van der Waals surface area contributed by atoms with E-state index in [9.17, 15) is 4.79 Å². The maximum Gasteiger partial charge on any atom is 0.257 e. The highest BCUT2D eigenvalue weighted by molar-refractivity contribution is 6.00. The third-order valence-corrected chi connectivity index (χ3v) is 5.78. The Morgan fingerprint density at radius 2 is 1.83 bits per heavy atom. The van der Waals surface area contributed by atoms with Crippen LogP contribution < -0.4 is 5.32 Å². The van der Waals surface area contributed by atoms with Gasteiger partial charge in [-0.1, -0.05) is 74.5 Å². The average molecular weight is 389 g/mol. The molecule has 1 atom stereocenters. The van der Waals surface area contributed by atoms with Crippen molar-refractivity contribution < 1.29 is 9.32 Å². The molecule has 0 radical (unpaired) electrons. The molecule has 3 aromatic rings. The summed E-state index contributed by atoms with van der Waals surface area (Å²) in [6, 6.07) is 16.6. The Balaban J connectivity index is 1.62. The molecule has 1 aliphatic carbocycles. The largest absolute Gasteiger partial charge is 0.355 e. The Hall–Kier alpha value is -2.88. The maximum atomic E-state index is 13.2. The van der Waals surface area contributed by atoms with Crippen molar-refractivity contribution in [2.24, 2.45) is 0 Å². The van der Waals surface area contributed by atoms with Gasteiger partial charge in [-0.2, -0.15) is 0 Å². The van der Waals surface area contributed by atoms with Gasteiger partial charge in [-0.05, 0) is 48.3 Å². The molecule has 4 nitrogen and oxygen atoms in total. The second kappa shape index (κ2) is 7.51. The van der Waals surface area contributed by atoms with Crippen LogP contribution in [0.5, 0.6) is 0 Å². The van der Waals surface area contributed by atoms with Crippen LogP contribution in [0, 0.1) is 6.92 Å². The van der Waals surface area contributed by atoms with Gasteiger partial charge < -0.3 is 9.84 Å². The van der Waals surface area contributed by atoms with Gasteiger partial charge in [-0.15, -0.1) is 0 Å². The van der Waals surface area contributed by atoms with Crippen molar-refractivity contribution in [3.63, 3.8) is 0 Å². The molecule has 2 aromatic carbocycles. The quantitative estimate of drug-likeness (QED) is 0.621. The van der Waals surface area contributed by atoms with Crippen LogP contribution in [0.15, 0.2) is 53.1 Å². The standard InChI is InChI=1S/C25H28N2O2/c1-16-22(23(29-27-16)18-12-14-19(15-13-18)25(2,3)4)24(28)26-21-11-7-9-17-8-5-6-10-20(17)21/h5-6,8,10,12-15,21H,7,9,11H2,1-4H3,(H,26,28)/t21-/m0/s1. The minimum Gasteiger partial charge on any atom is -0.355 e. The van der Waals surface area contributed by atoms with Crippen LogP contribution in [-0.2, 0) is 11.8 Å². The third kappa shape index (κ3) is 3.84. The molecule has 1 amide bonds. The van der Waals surface area contributed by atoms with Crippen LogP contribution in [0.4, 0.5) is 0 Å². The second-order valence-corrected chi connectivity index (χ2v) is 8.92. The van der Waals surface area contributed by atoms with Crippen molar-refractivity contribution in [3.8, 4) is 11.3 Å². The topological polar surface area (TPSA) is 55.1 Å². The summed E-state index contributed by atoms with van der Waals surface area (Å²) in [6.07, 6.45) is 3.09. The molecule has 29 heavy (non-hydrogen) atoms. The number of hydrogen-bond acceptors (Lipinski definition) is 3. The monoisotopic (exact) mass is 388 g/mol. The summed E-state index contributed by atoms with van der Waals surface area (Å²) in [5.41, 5.74) is 5.86. The van der Waals surface area contributed by atoms with Gasteiger partial charge in [0.15, 0.2) is 5.76 Å². The van der Waals surface area contributed by atoms with Crippen LogP contribution >= 0.6 is 0 Å². The maximum absolute atomic E-state index is 13.2. The molecule has 1 heterocycles. The lowest BCUT2D eigenvalue weighted by Crippen LogP contribution is -2.31. The number of hydrogen-bond donors (Lipinski definition) is 1. The van der Waals surface area contributed by atoms with E-state index in [1.165, 1.54) is 16.7 Å². The minimum atomic E-state index is -0.125. The number of rotatable bonds is 3. The van der Waals surface area contributed by atoms with E-state index < -0.39 is 0 Å². The summed E-state index contributed by atoms with van der Waals surface area (Å²) in [5.74, 6) is 0.407. The molecule has 0 saturated heterocycles. The van der Waals surface area contributed by atoms with Gasteiger partial charge in [-0.25, -0.2) is 0 Å². The molecule has 0 aliphatic heterocycles. The van der Waals surface area contributed by atoms with Gasteiger partial charge in [0.05, 0.1) is 11.7 Å². The Morgan fingerprint density at radius 1 is 1.10 bits per heavy atom. The predicted octanol–water partition coefficient (Wildman–Crippen LogP) is 5.75. The molecule has 0 spiro atoms. The highest BCUT2D eigenvalue weighted by Crippen LogP contribution is 2.32. The Bertz CT molecular complexity index is 1030. The number of carbonyl (C=O) groups is 1. The molecule has 1 N–H and O–H groups in total. The normalized spacial score (nSPS) is 16.3. The van der Waals surface area contributed by atoms with Crippen molar-refractivity contribution >= 4 is 5.91 Å². The van der Waals surface area contributed by atoms with Crippen LogP contribution in [0.3, 0.4) is 0 Å². The zero-order valence-corrected chi connectivity index (χ0v) is 17.6. The molecule has 0 fully saturated rings. The lowest BCUT2D eigenvalue weighted by atomic mass is 9.86. The Morgan fingerprint density at radius 3 is 2.55 bits per heavy atom. The third-order valence-electron chi connectivity index (χ3n) is 5.78. The van der Waals surface area contributed by atoms with Crippen molar-refractivity contribution in [3.05, 3.63) is 76.5 Å². The molecule has 0 saturated carbocycles. The van der Waals surface area contributed by atoms with Gasteiger partial charge in [-0.3, -0.25) is 4.79 Å². The fourth-order valence-corrected chi connectivity index (χ4v) is 4.09. The van der Waals surface area contributed by atoms with E-state index in [1.807, 2.05) is 25.1 Å². The van der Waals surface area contributed by atoms with Crippen molar-refractivity contribution in [1.82, 2.24) is 10.5 Å². The van der Waals surface area contributed by atoms with E-state index in [2.05, 4.69) is 61.6 Å². The summed E-state index contributed by atoms with van der Waals surface area (Å²) in [5, 5.41) is 7.31. The van der Waals surface area contributed by atoms with Crippen molar-refractivity contribution in [2.75, 3.05) is 0 Å². The summed E-state index contributed by atoms with van der Waals surface area (Å²) in [7, 11) is 0. The number of fused-ring (bicyclic) bond motifs is 1. The summed E-state index contributed by atoms with van der Waals surface area (Å²) in [6.45, 7) is 8.37. The van der Waals surface area contributed by atoms with Gasteiger partial charge in [0.25, 0.3) is 5.91 Å². The number of nitrogens with zero attached hydrogens (tertiary/aromatic N) is 1. The van der Waals surface area contributed by atoms with Crippen molar-refractivity contribution in [2.45, 2.75) is 58.4 Å². The Labute approximate surface area is 172 Å². The van der Waals surface area contributed by atoms with Crippen LogP contribution in [0.2, 0.25) is 0 Å². The fourth-order valence-electron chi connectivity index (χ4n) is 4.09. The average Bonchev–Trinajstić information content (AvgIpc) is 3.09. The smallest absolute Gasteiger partial charge is 0.257 e. The first-order valence-corrected chi connectivity index (χ1v) is 10.3. The first-order chi connectivity index (χ1) is 13.8. The van der Waals surface area contributed by atoms with E-state index >= 15 is 0 Å². The second-order valence-electron chi connectivity index (χ2n) is 8.92. The van der Waals surface area contributed by atoms with E-state index in [-0.39, 0.29) is 17.4 Å². The predicted molar refractivity (Wildman–Crippen MR) is 115 cm³/mol. The number of carbonyl (C=O) groups excluding carboxylic acids is 1. The first-order valence-electron chi connectivity index (χ1n) is 10.3. The molecule has 0 unspecified atom stereocenters. The summed E-state index contributed by atoms with van der Waals surface area (Å²) in [4.78, 5) is 13.2. The number of benzene rings is 2. The molecule has 1 aromatic heterocycles. The highest BCUT2D eigenvalue weighted by Gasteiger charge is 2.27. The molecule has 0 bridgehead atoms. The zero-order valence-electron chi connectivity index (χ0n) is 17.6. The highest BCUT2D eigenvalue weighted by atomic mass is 16.5. The fraction of sp³-hybridized carbons (Fsp3) is 0.360. The van der Waals surface area contributed by atoms with E-state index in [0.29, 0.717) is 17.0 Å². The molecular weight excluding hydrogens is 360 g/mol. The lowest BCUT2D eigenvalue weighted by molar-refractivity contribution is 0.0932. The summed E-state index contributed by atoms with van der Waals surface area (Å²) >= 11 is 0.